The molecule has 9 heteroatoms. The highest BCUT2D eigenvalue weighted by Gasteiger charge is 2.66. The van der Waals surface area contributed by atoms with Crippen LogP contribution in [0.3, 0.4) is 0 Å². The molecule has 1 heterocycles. The van der Waals surface area contributed by atoms with Gasteiger partial charge in [-0.15, -0.1) is 0 Å². The average molecular weight is 719 g/mol. The number of imide groups is 1. The molecule has 0 spiro atoms. The molecule has 0 radical (unpaired) electrons. The van der Waals surface area contributed by atoms with Crippen LogP contribution in [0.5, 0.6) is 11.5 Å². The lowest BCUT2D eigenvalue weighted by molar-refractivity contribution is -0.135. The number of rotatable bonds is 5. The normalized spacial score (nSPS) is 27.0. The fraction of sp³-hybridized carbons (Fsp3) is 0.238. The molecule has 4 aromatic carbocycles. The third-order valence-electron chi connectivity index (χ3n) is 11.4. The Morgan fingerprint density at radius 1 is 0.843 bits per heavy atom. The number of carbonyl (C=O) groups is 4. The van der Waals surface area contributed by atoms with E-state index in [4.69, 9.17) is 27.9 Å². The number of carbonyl (C=O) groups excluding carboxylic acids is 4. The van der Waals surface area contributed by atoms with Gasteiger partial charge in [0, 0.05) is 22.4 Å². The largest absolute Gasteiger partial charge is 0.503 e. The fourth-order valence-corrected chi connectivity index (χ4v) is 9.53. The Balaban J connectivity index is 1.37. The number of halogens is 2. The maximum atomic E-state index is 15.2. The predicted octanol–water partition coefficient (Wildman–Crippen LogP) is 8.05. The van der Waals surface area contributed by atoms with E-state index in [2.05, 4.69) is 0 Å². The van der Waals surface area contributed by atoms with Crippen LogP contribution in [0, 0.1) is 30.6 Å². The van der Waals surface area contributed by atoms with E-state index in [1.165, 1.54) is 18.1 Å². The molecule has 51 heavy (non-hydrogen) atoms. The van der Waals surface area contributed by atoms with E-state index in [0.29, 0.717) is 33.0 Å². The first-order valence-corrected chi connectivity index (χ1v) is 17.6. The molecule has 256 valence electrons. The van der Waals surface area contributed by atoms with E-state index in [1.54, 1.807) is 30.3 Å². The molecule has 1 N–H and O–H groups in total. The minimum absolute atomic E-state index is 0.0187. The molecule has 3 aliphatic carbocycles. The zero-order valence-corrected chi connectivity index (χ0v) is 29.3. The van der Waals surface area contributed by atoms with Gasteiger partial charge in [-0.1, -0.05) is 102 Å². The number of phenols is 1. The van der Waals surface area contributed by atoms with E-state index in [9.17, 15) is 14.7 Å². The van der Waals surface area contributed by atoms with E-state index >= 15 is 9.59 Å². The van der Waals surface area contributed by atoms with Crippen LogP contribution in [0.4, 0.5) is 5.69 Å². The van der Waals surface area contributed by atoms with Crippen molar-refractivity contribution in [2.75, 3.05) is 12.0 Å². The highest BCUT2D eigenvalue weighted by atomic mass is 35.5. The Bertz CT molecular complexity index is 2210. The number of allylic oxidation sites excluding steroid dienone is 4. The number of aromatic hydroxyl groups is 1. The maximum Gasteiger partial charge on any atom is 0.238 e. The number of nitrogens with zero attached hydrogens (tertiary/aromatic N) is 1. The molecule has 4 aromatic rings. The third kappa shape index (κ3) is 4.85. The lowest BCUT2D eigenvalue weighted by Crippen LogP contribution is -2.58. The predicted molar refractivity (Wildman–Crippen MR) is 195 cm³/mol. The molecule has 4 aliphatic rings. The lowest BCUT2D eigenvalue weighted by Gasteiger charge is -2.55. The number of aryl methyl sites for hydroxylation is 1. The van der Waals surface area contributed by atoms with Crippen molar-refractivity contribution in [3.8, 4) is 11.5 Å². The van der Waals surface area contributed by atoms with Gasteiger partial charge in [-0.05, 0) is 78.3 Å². The summed E-state index contributed by atoms with van der Waals surface area (Å²) in [6, 6.07) is 26.8. The summed E-state index contributed by atoms with van der Waals surface area (Å²) < 4.78 is 5.54. The summed E-state index contributed by atoms with van der Waals surface area (Å²) in [5.41, 5.74) is 2.69. The van der Waals surface area contributed by atoms with Crippen molar-refractivity contribution in [3.05, 3.63) is 141 Å². The summed E-state index contributed by atoms with van der Waals surface area (Å²) in [5.74, 6) is -5.01. The van der Waals surface area contributed by atoms with Crippen LogP contribution in [0.15, 0.2) is 109 Å². The number of ether oxygens (including phenoxy) is 1. The van der Waals surface area contributed by atoms with Crippen LogP contribution in [0.1, 0.15) is 41.0 Å². The Morgan fingerprint density at radius 3 is 2.24 bits per heavy atom. The smallest absolute Gasteiger partial charge is 0.238 e. The molecule has 1 saturated carbocycles. The molecule has 6 unspecified atom stereocenters. The van der Waals surface area contributed by atoms with Crippen molar-refractivity contribution in [1.82, 2.24) is 0 Å². The van der Waals surface area contributed by atoms with Crippen LogP contribution in [-0.4, -0.2) is 35.6 Å². The van der Waals surface area contributed by atoms with Crippen molar-refractivity contribution in [2.24, 2.45) is 23.7 Å². The minimum atomic E-state index is -1.44. The minimum Gasteiger partial charge on any atom is -0.503 e. The molecular formula is C42H33Cl2NO6. The van der Waals surface area contributed by atoms with Crippen molar-refractivity contribution in [3.63, 3.8) is 0 Å². The number of phenolic OH excluding ortho intramolecular Hbond substituents is 1. The number of hydrogen-bond acceptors (Lipinski definition) is 6. The summed E-state index contributed by atoms with van der Waals surface area (Å²) in [7, 11) is 1.41. The summed E-state index contributed by atoms with van der Waals surface area (Å²) >= 11 is 13.1. The average Bonchev–Trinajstić information content (AvgIpc) is 3.40. The quantitative estimate of drug-likeness (QED) is 0.166. The first-order valence-electron chi connectivity index (χ1n) is 16.9. The highest BCUT2D eigenvalue weighted by Crippen LogP contribution is 2.64. The number of methoxy groups -OCH3 is 1. The zero-order valence-electron chi connectivity index (χ0n) is 27.8. The first kappa shape index (κ1) is 33.2. The van der Waals surface area contributed by atoms with Crippen molar-refractivity contribution in [1.29, 1.82) is 0 Å². The van der Waals surface area contributed by atoms with Gasteiger partial charge in [0.1, 0.15) is 0 Å². The van der Waals surface area contributed by atoms with Gasteiger partial charge in [-0.3, -0.25) is 19.2 Å². The topological polar surface area (TPSA) is 101 Å². The van der Waals surface area contributed by atoms with Crippen molar-refractivity contribution < 1.29 is 29.0 Å². The van der Waals surface area contributed by atoms with Crippen LogP contribution in [-0.2, 0) is 24.6 Å². The Hall–Kier alpha value is -4.98. The van der Waals surface area contributed by atoms with E-state index in [0.717, 1.165) is 11.1 Å². The Morgan fingerprint density at radius 2 is 1.55 bits per heavy atom. The zero-order chi connectivity index (χ0) is 35.8. The molecule has 0 bridgehead atoms. The van der Waals surface area contributed by atoms with Gasteiger partial charge in [0.05, 0.1) is 35.1 Å². The van der Waals surface area contributed by atoms with Gasteiger partial charge in [-0.2, -0.15) is 0 Å². The van der Waals surface area contributed by atoms with Gasteiger partial charge >= 0.3 is 0 Å². The van der Waals surface area contributed by atoms with Crippen LogP contribution in [0.25, 0.3) is 5.57 Å². The van der Waals surface area contributed by atoms with E-state index in [-0.39, 0.29) is 52.7 Å². The van der Waals surface area contributed by atoms with Crippen molar-refractivity contribution >= 4 is 57.8 Å². The molecule has 6 atom stereocenters. The second kappa shape index (κ2) is 12.4. The van der Waals surface area contributed by atoms with Crippen LogP contribution < -0.4 is 9.64 Å². The molecule has 7 nitrogen and oxygen atoms in total. The van der Waals surface area contributed by atoms with Crippen molar-refractivity contribution in [2.45, 2.75) is 31.1 Å². The van der Waals surface area contributed by atoms with Crippen LogP contribution >= 0.6 is 23.2 Å². The van der Waals surface area contributed by atoms with Gasteiger partial charge in [-0.25, -0.2) is 4.90 Å². The number of anilines is 1. The molecule has 0 aromatic heterocycles. The number of hydrogen-bond donors (Lipinski definition) is 1. The molecule has 1 aliphatic heterocycles. The third-order valence-corrected chi connectivity index (χ3v) is 12.1. The molecular weight excluding hydrogens is 685 g/mol. The SMILES string of the molecule is COc1cc(C2C3=CCC4C(=O)N(c5ccc(C)c(Cl)c5)C(=O)C4C3CC3C(=O)C(c4ccccc4)=CC(=O)C32c2ccccc2)cc(Cl)c1O. The van der Waals surface area contributed by atoms with Gasteiger partial charge in [0.2, 0.25) is 11.8 Å². The lowest BCUT2D eigenvalue weighted by atomic mass is 9.44. The Labute approximate surface area is 305 Å². The number of Topliss-reactive ketones (excluding diaryl/α,β-unsaturated/α-hetero) is 1. The number of fused-ring (bicyclic) bond motifs is 4. The summed E-state index contributed by atoms with van der Waals surface area (Å²) in [6.45, 7) is 1.85. The first-order chi connectivity index (χ1) is 24.6. The van der Waals surface area contributed by atoms with Gasteiger partial charge < -0.3 is 9.84 Å². The fourth-order valence-electron chi connectivity index (χ4n) is 9.14. The highest BCUT2D eigenvalue weighted by molar-refractivity contribution is 6.33. The van der Waals surface area contributed by atoms with Crippen LogP contribution in [0.2, 0.25) is 10.0 Å². The molecule has 2 fully saturated rings. The summed E-state index contributed by atoms with van der Waals surface area (Å²) in [5, 5.41) is 11.2. The number of amides is 2. The monoisotopic (exact) mass is 717 g/mol. The number of benzene rings is 4. The van der Waals surface area contributed by atoms with E-state index < -0.39 is 35.0 Å². The van der Waals surface area contributed by atoms with E-state index in [1.807, 2.05) is 73.7 Å². The summed E-state index contributed by atoms with van der Waals surface area (Å²) in [4.78, 5) is 60.2. The summed E-state index contributed by atoms with van der Waals surface area (Å²) in [6.07, 6.45) is 3.87. The number of ketones is 2. The van der Waals surface area contributed by atoms with Gasteiger partial charge in [0.25, 0.3) is 0 Å². The second-order valence-electron chi connectivity index (χ2n) is 13.8. The molecule has 8 rings (SSSR count). The second-order valence-corrected chi connectivity index (χ2v) is 14.6. The molecule has 1 saturated heterocycles. The molecule has 2 amide bonds. The standard InChI is InChI=1S/C42H33Cl2NO6/c1-22-13-14-26(19-32(22)43)45-40(49)28-16-15-27-30(36(28)41(45)50)20-31-38(47)29(23-9-5-3-6-10-23)21-35(46)42(31,25-11-7-4-8-12-25)37(27)24-17-33(44)39(48)34(18-24)51-2/h3-15,17-19,21,28,30-31,36-37,48H,16,20H2,1-2H3. The maximum absolute atomic E-state index is 15.2. The Kier molecular flexibility index (Phi) is 8.04. The van der Waals surface area contributed by atoms with Gasteiger partial charge in [0.15, 0.2) is 23.1 Å².